The van der Waals surface area contributed by atoms with Crippen LogP contribution in [-0.2, 0) is 0 Å². The van der Waals surface area contributed by atoms with Crippen LogP contribution in [0.3, 0.4) is 0 Å². The van der Waals surface area contributed by atoms with Crippen LogP contribution >= 0.6 is 11.3 Å². The molecular formula is C9H9N3S. The van der Waals surface area contributed by atoms with Gasteiger partial charge in [0.1, 0.15) is 10.0 Å². The number of aromatic nitrogens is 1. The van der Waals surface area contributed by atoms with Crippen molar-refractivity contribution in [2.24, 2.45) is 0 Å². The topological polar surface area (TPSA) is 64.9 Å². The lowest BCUT2D eigenvalue weighted by Gasteiger charge is -1.92. The van der Waals surface area contributed by atoms with Crippen molar-refractivity contribution in [3.63, 3.8) is 0 Å². The molecule has 0 saturated heterocycles. The molecule has 0 atom stereocenters. The number of nitrogen functional groups attached to an aromatic ring is 2. The lowest BCUT2D eigenvalue weighted by Crippen LogP contribution is -1.89. The third kappa shape index (κ3) is 1.48. The van der Waals surface area contributed by atoms with Crippen LogP contribution in [0, 0.1) is 0 Å². The van der Waals surface area contributed by atoms with Crippen molar-refractivity contribution < 1.29 is 0 Å². The maximum Gasteiger partial charge on any atom is 0.158 e. The molecule has 66 valence electrons. The number of anilines is 2. The second-order valence-corrected chi connectivity index (χ2v) is 3.67. The largest absolute Gasteiger partial charge is 0.387 e. The van der Waals surface area contributed by atoms with Gasteiger partial charge >= 0.3 is 0 Å². The summed E-state index contributed by atoms with van der Waals surface area (Å²) in [5.41, 5.74) is 12.2. The molecule has 0 amide bonds. The minimum absolute atomic E-state index is 0.420. The normalized spacial score (nSPS) is 10.2. The third-order valence-electron chi connectivity index (χ3n) is 1.70. The monoisotopic (exact) mass is 191 g/mol. The molecule has 0 aliphatic carbocycles. The van der Waals surface area contributed by atoms with Gasteiger partial charge in [-0.1, -0.05) is 41.7 Å². The summed E-state index contributed by atoms with van der Waals surface area (Å²) in [6.07, 6.45) is 0. The van der Waals surface area contributed by atoms with Gasteiger partial charge < -0.3 is 11.5 Å². The highest BCUT2D eigenvalue weighted by Crippen LogP contribution is 2.30. The van der Waals surface area contributed by atoms with E-state index >= 15 is 0 Å². The highest BCUT2D eigenvalue weighted by atomic mass is 32.1. The zero-order valence-electron chi connectivity index (χ0n) is 6.90. The van der Waals surface area contributed by atoms with Gasteiger partial charge in [0.15, 0.2) is 5.82 Å². The Morgan fingerprint density at radius 1 is 1.08 bits per heavy atom. The first-order valence-electron chi connectivity index (χ1n) is 3.84. The van der Waals surface area contributed by atoms with E-state index < -0.39 is 0 Å². The van der Waals surface area contributed by atoms with Gasteiger partial charge in [0.2, 0.25) is 0 Å². The number of rotatable bonds is 1. The minimum Gasteiger partial charge on any atom is -0.387 e. The maximum absolute atomic E-state index is 5.61. The Bertz CT molecular complexity index is 389. The molecule has 4 heteroatoms. The summed E-state index contributed by atoms with van der Waals surface area (Å²) < 4.78 is 0. The molecule has 1 heterocycles. The molecular weight excluding hydrogens is 182 g/mol. The summed E-state index contributed by atoms with van der Waals surface area (Å²) in [4.78, 5) is 4.15. The number of thiazole rings is 1. The average molecular weight is 191 g/mol. The Hall–Kier alpha value is -1.55. The standard InChI is InChI=1S/C9H9N3S/c10-7-8(11)13-9(12-7)6-4-2-1-3-5-6/h1-5H,10-11H2. The molecule has 1 aromatic carbocycles. The molecule has 13 heavy (non-hydrogen) atoms. The van der Waals surface area contributed by atoms with Gasteiger partial charge in [-0.3, -0.25) is 0 Å². The zero-order chi connectivity index (χ0) is 9.26. The second-order valence-electron chi connectivity index (χ2n) is 2.63. The van der Waals surface area contributed by atoms with E-state index in [-0.39, 0.29) is 0 Å². The Kier molecular flexibility index (Phi) is 1.90. The molecule has 0 saturated carbocycles. The van der Waals surface area contributed by atoms with Gasteiger partial charge in [0, 0.05) is 5.56 Å². The Morgan fingerprint density at radius 3 is 2.31 bits per heavy atom. The molecule has 1 aromatic heterocycles. The second kappa shape index (κ2) is 3.06. The fourth-order valence-electron chi connectivity index (χ4n) is 1.05. The minimum atomic E-state index is 0.420. The lowest BCUT2D eigenvalue weighted by molar-refractivity contribution is 1.42. The van der Waals surface area contributed by atoms with E-state index in [9.17, 15) is 0 Å². The van der Waals surface area contributed by atoms with Crippen LogP contribution in [0.25, 0.3) is 10.6 Å². The number of nitrogens with two attached hydrogens (primary N) is 2. The van der Waals surface area contributed by atoms with Crippen LogP contribution in [0.5, 0.6) is 0 Å². The number of hydrogen-bond acceptors (Lipinski definition) is 4. The first kappa shape index (κ1) is 8.07. The Labute approximate surface area is 80.0 Å². The van der Waals surface area contributed by atoms with E-state index in [1.54, 1.807) is 0 Å². The lowest BCUT2D eigenvalue weighted by atomic mass is 10.2. The van der Waals surface area contributed by atoms with Crippen LogP contribution < -0.4 is 11.5 Å². The summed E-state index contributed by atoms with van der Waals surface area (Å²) in [6, 6.07) is 9.85. The van der Waals surface area contributed by atoms with Gasteiger partial charge in [0.25, 0.3) is 0 Å². The quantitative estimate of drug-likeness (QED) is 0.724. The maximum atomic E-state index is 5.61. The van der Waals surface area contributed by atoms with E-state index in [0.29, 0.717) is 10.8 Å². The molecule has 0 unspecified atom stereocenters. The van der Waals surface area contributed by atoms with Crippen molar-refractivity contribution in [2.75, 3.05) is 11.5 Å². The van der Waals surface area contributed by atoms with E-state index in [1.165, 1.54) is 11.3 Å². The summed E-state index contributed by atoms with van der Waals surface area (Å²) in [5, 5.41) is 1.45. The van der Waals surface area contributed by atoms with Gasteiger partial charge in [0.05, 0.1) is 0 Å². The summed E-state index contributed by atoms with van der Waals surface area (Å²) in [5.74, 6) is 0.420. The molecule has 2 rings (SSSR count). The fraction of sp³-hybridized carbons (Fsp3) is 0. The van der Waals surface area contributed by atoms with Crippen LogP contribution in [0.1, 0.15) is 0 Å². The van der Waals surface area contributed by atoms with Crippen molar-refractivity contribution >= 4 is 22.2 Å². The smallest absolute Gasteiger partial charge is 0.158 e. The average Bonchev–Trinajstić information content (AvgIpc) is 2.49. The van der Waals surface area contributed by atoms with E-state index in [4.69, 9.17) is 11.5 Å². The molecule has 0 radical (unpaired) electrons. The summed E-state index contributed by atoms with van der Waals surface area (Å²) in [6.45, 7) is 0. The predicted molar refractivity (Wildman–Crippen MR) is 56.4 cm³/mol. The first-order valence-corrected chi connectivity index (χ1v) is 4.66. The Morgan fingerprint density at radius 2 is 1.77 bits per heavy atom. The van der Waals surface area contributed by atoms with Crippen LogP contribution in [0.2, 0.25) is 0 Å². The van der Waals surface area contributed by atoms with Crippen molar-refractivity contribution in [3.8, 4) is 10.6 Å². The van der Waals surface area contributed by atoms with Gasteiger partial charge in [-0.05, 0) is 0 Å². The predicted octanol–water partition coefficient (Wildman–Crippen LogP) is 1.97. The zero-order valence-corrected chi connectivity index (χ0v) is 7.71. The molecule has 2 aromatic rings. The molecule has 0 fully saturated rings. The fourth-order valence-corrected chi connectivity index (χ4v) is 1.80. The van der Waals surface area contributed by atoms with Crippen molar-refractivity contribution in [2.45, 2.75) is 0 Å². The Balaban J connectivity index is 2.48. The molecule has 4 N–H and O–H groups in total. The molecule has 0 aliphatic rings. The number of benzene rings is 1. The van der Waals surface area contributed by atoms with E-state index in [1.807, 2.05) is 30.3 Å². The molecule has 0 aliphatic heterocycles. The third-order valence-corrected chi connectivity index (χ3v) is 2.65. The highest BCUT2D eigenvalue weighted by Gasteiger charge is 2.05. The summed E-state index contributed by atoms with van der Waals surface area (Å²) in [7, 11) is 0. The van der Waals surface area contributed by atoms with Crippen molar-refractivity contribution in [1.29, 1.82) is 0 Å². The van der Waals surface area contributed by atoms with Gasteiger partial charge in [-0.2, -0.15) is 0 Å². The first-order chi connectivity index (χ1) is 6.27. The van der Waals surface area contributed by atoms with Crippen LogP contribution in [0.4, 0.5) is 10.8 Å². The number of hydrogen-bond donors (Lipinski definition) is 2. The van der Waals surface area contributed by atoms with Gasteiger partial charge in [-0.25, -0.2) is 4.98 Å². The van der Waals surface area contributed by atoms with Gasteiger partial charge in [-0.15, -0.1) is 0 Å². The van der Waals surface area contributed by atoms with Crippen LogP contribution in [-0.4, -0.2) is 4.98 Å². The van der Waals surface area contributed by atoms with E-state index in [0.717, 1.165) is 10.6 Å². The highest BCUT2D eigenvalue weighted by molar-refractivity contribution is 7.19. The SMILES string of the molecule is Nc1nc(-c2ccccc2)sc1N. The molecule has 3 nitrogen and oxygen atoms in total. The van der Waals surface area contributed by atoms with Crippen molar-refractivity contribution in [1.82, 2.24) is 4.98 Å². The van der Waals surface area contributed by atoms with Crippen LogP contribution in [0.15, 0.2) is 30.3 Å². The molecule has 0 spiro atoms. The van der Waals surface area contributed by atoms with E-state index in [2.05, 4.69) is 4.98 Å². The molecule has 0 bridgehead atoms. The summed E-state index contributed by atoms with van der Waals surface area (Å²) >= 11 is 1.41. The van der Waals surface area contributed by atoms with Crippen molar-refractivity contribution in [3.05, 3.63) is 30.3 Å². The number of nitrogens with zero attached hydrogens (tertiary/aromatic N) is 1.